The van der Waals surface area contributed by atoms with Gasteiger partial charge in [-0.15, -0.1) is 0 Å². The Morgan fingerprint density at radius 1 is 1.30 bits per heavy atom. The maximum absolute atomic E-state index is 12.0. The standard InChI is InChI=1S/C15H19ClN2O2/c1-11(19)12-6-8-18(9-7-12)10-15(20)17-14-5-3-2-4-13(14)16/h2-5,12H,6-10H2,1H3,(H,17,20). The van der Waals surface area contributed by atoms with Crippen molar-refractivity contribution < 1.29 is 9.59 Å². The molecular weight excluding hydrogens is 276 g/mol. The Labute approximate surface area is 124 Å². The summed E-state index contributed by atoms with van der Waals surface area (Å²) in [6.07, 6.45) is 1.68. The Morgan fingerprint density at radius 3 is 2.55 bits per heavy atom. The topological polar surface area (TPSA) is 49.4 Å². The van der Waals surface area contributed by atoms with Crippen LogP contribution in [0.15, 0.2) is 24.3 Å². The summed E-state index contributed by atoms with van der Waals surface area (Å²) in [6.45, 7) is 3.57. The lowest BCUT2D eigenvalue weighted by Gasteiger charge is -2.30. The molecule has 2 rings (SSSR count). The van der Waals surface area contributed by atoms with Crippen LogP contribution < -0.4 is 5.32 Å². The number of carbonyl (C=O) groups excluding carboxylic acids is 2. The summed E-state index contributed by atoms with van der Waals surface area (Å²) in [4.78, 5) is 25.3. The third-order valence-corrected chi connectivity index (χ3v) is 4.01. The van der Waals surface area contributed by atoms with Crippen LogP contribution in [0, 0.1) is 5.92 Å². The summed E-state index contributed by atoms with van der Waals surface area (Å²) in [7, 11) is 0. The van der Waals surface area contributed by atoms with E-state index in [1.54, 1.807) is 19.1 Å². The van der Waals surface area contributed by atoms with Crippen molar-refractivity contribution in [3.05, 3.63) is 29.3 Å². The van der Waals surface area contributed by atoms with Gasteiger partial charge >= 0.3 is 0 Å². The van der Waals surface area contributed by atoms with Gasteiger partial charge in [-0.1, -0.05) is 23.7 Å². The number of likely N-dealkylation sites (tertiary alicyclic amines) is 1. The van der Waals surface area contributed by atoms with Crippen LogP contribution in [0.1, 0.15) is 19.8 Å². The van der Waals surface area contributed by atoms with Crippen molar-refractivity contribution in [3.63, 3.8) is 0 Å². The van der Waals surface area contributed by atoms with Gasteiger partial charge < -0.3 is 5.32 Å². The van der Waals surface area contributed by atoms with Gasteiger partial charge in [-0.05, 0) is 45.0 Å². The minimum Gasteiger partial charge on any atom is -0.324 e. The molecule has 1 amide bonds. The number of Topliss-reactive ketones (excluding diaryl/α,β-unsaturated/α-hetero) is 1. The lowest BCUT2D eigenvalue weighted by molar-refractivity contribution is -0.122. The van der Waals surface area contributed by atoms with Crippen LogP contribution in [0.25, 0.3) is 0 Å². The maximum atomic E-state index is 12.0. The molecular formula is C15H19ClN2O2. The molecule has 0 atom stereocenters. The molecule has 4 nitrogen and oxygen atoms in total. The van der Waals surface area contributed by atoms with Gasteiger partial charge in [0.05, 0.1) is 17.3 Å². The highest BCUT2D eigenvalue weighted by atomic mass is 35.5. The quantitative estimate of drug-likeness (QED) is 0.928. The SMILES string of the molecule is CC(=O)C1CCN(CC(=O)Nc2ccccc2Cl)CC1. The van der Waals surface area contributed by atoms with Crippen molar-refractivity contribution in [2.24, 2.45) is 5.92 Å². The van der Waals surface area contributed by atoms with Crippen molar-refractivity contribution in [1.82, 2.24) is 4.90 Å². The lowest BCUT2D eigenvalue weighted by Crippen LogP contribution is -2.40. The molecule has 20 heavy (non-hydrogen) atoms. The Morgan fingerprint density at radius 2 is 1.95 bits per heavy atom. The van der Waals surface area contributed by atoms with Crippen molar-refractivity contribution in [2.45, 2.75) is 19.8 Å². The minimum atomic E-state index is -0.0700. The van der Waals surface area contributed by atoms with E-state index >= 15 is 0 Å². The first-order chi connectivity index (χ1) is 9.56. The first-order valence-corrected chi connectivity index (χ1v) is 7.21. The number of ketones is 1. The number of piperidine rings is 1. The number of benzene rings is 1. The second kappa shape index (κ2) is 6.86. The molecule has 0 aliphatic carbocycles. The van der Waals surface area contributed by atoms with Crippen LogP contribution in [0.3, 0.4) is 0 Å². The largest absolute Gasteiger partial charge is 0.324 e. The number of anilines is 1. The zero-order valence-corrected chi connectivity index (χ0v) is 12.3. The summed E-state index contributed by atoms with van der Waals surface area (Å²) in [5.74, 6) is 0.349. The normalized spacial score (nSPS) is 16.9. The molecule has 1 aromatic rings. The average Bonchev–Trinajstić information content (AvgIpc) is 2.42. The van der Waals surface area contributed by atoms with Crippen LogP contribution in [0.2, 0.25) is 5.02 Å². The van der Waals surface area contributed by atoms with Gasteiger partial charge in [0.1, 0.15) is 5.78 Å². The van der Waals surface area contributed by atoms with E-state index in [0.717, 1.165) is 25.9 Å². The second-order valence-electron chi connectivity index (χ2n) is 5.19. The number of amides is 1. The molecule has 0 spiro atoms. The highest BCUT2D eigenvalue weighted by molar-refractivity contribution is 6.33. The van der Waals surface area contributed by atoms with E-state index in [0.29, 0.717) is 17.3 Å². The predicted octanol–water partition coefficient (Wildman–Crippen LogP) is 2.58. The molecule has 0 radical (unpaired) electrons. The summed E-state index contributed by atoms with van der Waals surface area (Å²) in [5.41, 5.74) is 0.637. The molecule has 1 aliphatic rings. The Hall–Kier alpha value is -1.39. The molecule has 0 bridgehead atoms. The highest BCUT2D eigenvalue weighted by Gasteiger charge is 2.23. The Balaban J connectivity index is 1.81. The molecule has 1 aliphatic heterocycles. The van der Waals surface area contributed by atoms with E-state index in [2.05, 4.69) is 10.2 Å². The third kappa shape index (κ3) is 4.05. The van der Waals surface area contributed by atoms with Gasteiger partial charge in [-0.25, -0.2) is 0 Å². The summed E-state index contributed by atoms with van der Waals surface area (Å²) >= 11 is 6.00. The summed E-state index contributed by atoms with van der Waals surface area (Å²) in [5, 5.41) is 3.35. The van der Waals surface area contributed by atoms with Crippen LogP contribution in [-0.4, -0.2) is 36.2 Å². The number of rotatable bonds is 4. The van der Waals surface area contributed by atoms with Gasteiger partial charge in [-0.3, -0.25) is 14.5 Å². The molecule has 1 fully saturated rings. The third-order valence-electron chi connectivity index (χ3n) is 3.68. The molecule has 1 aromatic carbocycles. The average molecular weight is 295 g/mol. The molecule has 1 saturated heterocycles. The van der Waals surface area contributed by atoms with E-state index in [-0.39, 0.29) is 17.6 Å². The molecule has 5 heteroatoms. The second-order valence-corrected chi connectivity index (χ2v) is 5.60. The van der Waals surface area contributed by atoms with Gasteiger partial charge in [0, 0.05) is 5.92 Å². The van der Waals surface area contributed by atoms with Crippen molar-refractivity contribution in [2.75, 3.05) is 25.0 Å². The summed E-state index contributed by atoms with van der Waals surface area (Å²) < 4.78 is 0. The van der Waals surface area contributed by atoms with Crippen molar-refractivity contribution >= 4 is 29.0 Å². The fourth-order valence-corrected chi connectivity index (χ4v) is 2.64. The first-order valence-electron chi connectivity index (χ1n) is 6.83. The molecule has 1 heterocycles. The van der Waals surface area contributed by atoms with Crippen LogP contribution in [0.5, 0.6) is 0 Å². The van der Waals surface area contributed by atoms with Gasteiger partial charge in [0.25, 0.3) is 0 Å². The number of nitrogens with zero attached hydrogens (tertiary/aromatic N) is 1. The molecule has 108 valence electrons. The molecule has 0 aromatic heterocycles. The zero-order chi connectivity index (χ0) is 14.5. The van der Waals surface area contributed by atoms with Gasteiger partial charge in [0.2, 0.25) is 5.91 Å². The van der Waals surface area contributed by atoms with E-state index in [1.807, 2.05) is 12.1 Å². The Kier molecular flexibility index (Phi) is 5.15. The number of halogens is 1. The lowest BCUT2D eigenvalue weighted by atomic mass is 9.93. The zero-order valence-electron chi connectivity index (χ0n) is 11.6. The number of nitrogens with one attached hydrogen (secondary N) is 1. The highest BCUT2D eigenvalue weighted by Crippen LogP contribution is 2.21. The predicted molar refractivity (Wildman–Crippen MR) is 79.9 cm³/mol. The molecule has 0 saturated carbocycles. The van der Waals surface area contributed by atoms with Crippen LogP contribution >= 0.6 is 11.6 Å². The number of para-hydroxylation sites is 1. The van der Waals surface area contributed by atoms with Gasteiger partial charge in [0.15, 0.2) is 0 Å². The molecule has 1 N–H and O–H groups in total. The van der Waals surface area contributed by atoms with Crippen LogP contribution in [0.4, 0.5) is 5.69 Å². The number of hydrogen-bond donors (Lipinski definition) is 1. The number of hydrogen-bond acceptors (Lipinski definition) is 3. The minimum absolute atomic E-state index is 0.0700. The monoisotopic (exact) mass is 294 g/mol. The van der Waals surface area contributed by atoms with Crippen molar-refractivity contribution in [3.8, 4) is 0 Å². The smallest absolute Gasteiger partial charge is 0.238 e. The van der Waals surface area contributed by atoms with E-state index in [4.69, 9.17) is 11.6 Å². The van der Waals surface area contributed by atoms with Crippen molar-refractivity contribution in [1.29, 1.82) is 0 Å². The fourth-order valence-electron chi connectivity index (χ4n) is 2.45. The fraction of sp³-hybridized carbons (Fsp3) is 0.467. The molecule has 0 unspecified atom stereocenters. The Bertz CT molecular complexity index is 496. The van der Waals surface area contributed by atoms with E-state index < -0.39 is 0 Å². The summed E-state index contributed by atoms with van der Waals surface area (Å²) in [6, 6.07) is 7.18. The first kappa shape index (κ1) is 15.0. The maximum Gasteiger partial charge on any atom is 0.238 e. The van der Waals surface area contributed by atoms with Gasteiger partial charge in [-0.2, -0.15) is 0 Å². The number of carbonyl (C=O) groups is 2. The van der Waals surface area contributed by atoms with E-state index in [1.165, 1.54) is 0 Å². The van der Waals surface area contributed by atoms with E-state index in [9.17, 15) is 9.59 Å². The van der Waals surface area contributed by atoms with Crippen LogP contribution in [-0.2, 0) is 9.59 Å².